The minimum atomic E-state index is 0.488. The van der Waals surface area contributed by atoms with Gasteiger partial charge in [0.15, 0.2) is 10.6 Å². The van der Waals surface area contributed by atoms with Gasteiger partial charge in [0, 0.05) is 18.0 Å². The van der Waals surface area contributed by atoms with Crippen LogP contribution in [0.3, 0.4) is 0 Å². The maximum Gasteiger partial charge on any atom is 0.195 e. The summed E-state index contributed by atoms with van der Waals surface area (Å²) < 4.78 is 2.64. The SMILES string of the molecule is CSC(C)Cn1c(-c2ccccn2)n[nH]c1=S. The lowest BCUT2D eigenvalue weighted by atomic mass is 10.3. The molecule has 2 rings (SSSR count). The molecule has 0 aliphatic carbocycles. The number of thioether (sulfide) groups is 1. The molecule has 0 radical (unpaired) electrons. The highest BCUT2D eigenvalue weighted by molar-refractivity contribution is 7.99. The number of hydrogen-bond donors (Lipinski definition) is 1. The van der Waals surface area contributed by atoms with Gasteiger partial charge in [-0.05, 0) is 30.6 Å². The van der Waals surface area contributed by atoms with Crippen LogP contribution in [0, 0.1) is 4.77 Å². The highest BCUT2D eigenvalue weighted by atomic mass is 32.2. The molecule has 0 fully saturated rings. The summed E-state index contributed by atoms with van der Waals surface area (Å²) in [5.74, 6) is 0.802. The van der Waals surface area contributed by atoms with E-state index in [1.807, 2.05) is 22.8 Å². The minimum Gasteiger partial charge on any atom is -0.298 e. The number of H-pyrrole nitrogens is 1. The first-order valence-electron chi connectivity index (χ1n) is 5.31. The summed E-state index contributed by atoms with van der Waals surface area (Å²) in [7, 11) is 0. The average molecular weight is 266 g/mol. The average Bonchev–Trinajstić information content (AvgIpc) is 2.72. The zero-order valence-electron chi connectivity index (χ0n) is 9.75. The molecular weight excluding hydrogens is 252 g/mol. The van der Waals surface area contributed by atoms with Gasteiger partial charge >= 0.3 is 0 Å². The van der Waals surface area contributed by atoms with Crippen LogP contribution in [0.15, 0.2) is 24.4 Å². The fourth-order valence-electron chi connectivity index (χ4n) is 1.51. The van der Waals surface area contributed by atoms with Crippen molar-refractivity contribution in [1.82, 2.24) is 19.7 Å². The number of rotatable bonds is 4. The fourth-order valence-corrected chi connectivity index (χ4v) is 2.01. The lowest BCUT2D eigenvalue weighted by molar-refractivity contribution is 0.687. The number of nitrogens with zero attached hydrogens (tertiary/aromatic N) is 3. The molecular formula is C11H14N4S2. The number of aromatic nitrogens is 4. The van der Waals surface area contributed by atoms with Gasteiger partial charge in [0.05, 0.1) is 0 Å². The highest BCUT2D eigenvalue weighted by Crippen LogP contribution is 2.17. The Hall–Kier alpha value is -1.14. The van der Waals surface area contributed by atoms with Crippen molar-refractivity contribution < 1.29 is 0 Å². The summed E-state index contributed by atoms with van der Waals surface area (Å²) in [6.07, 6.45) is 3.85. The predicted molar refractivity (Wildman–Crippen MR) is 73.6 cm³/mol. The lowest BCUT2D eigenvalue weighted by Crippen LogP contribution is -2.10. The third-order valence-corrected chi connectivity index (χ3v) is 3.76. The van der Waals surface area contributed by atoms with Crippen LogP contribution in [-0.4, -0.2) is 31.3 Å². The topological polar surface area (TPSA) is 46.5 Å². The van der Waals surface area contributed by atoms with Gasteiger partial charge in [-0.15, -0.1) is 0 Å². The number of pyridine rings is 1. The summed E-state index contributed by atoms with van der Waals surface area (Å²) in [6.45, 7) is 3.00. The molecule has 0 aliphatic rings. The Morgan fingerprint density at radius 1 is 1.53 bits per heavy atom. The molecule has 90 valence electrons. The van der Waals surface area contributed by atoms with Crippen LogP contribution in [0.5, 0.6) is 0 Å². The Morgan fingerprint density at radius 2 is 2.35 bits per heavy atom. The van der Waals surface area contributed by atoms with E-state index in [2.05, 4.69) is 28.4 Å². The molecule has 2 aromatic rings. The zero-order chi connectivity index (χ0) is 12.3. The van der Waals surface area contributed by atoms with Crippen LogP contribution in [0.25, 0.3) is 11.5 Å². The Balaban J connectivity index is 2.39. The Labute approximate surface area is 109 Å². The van der Waals surface area contributed by atoms with Gasteiger partial charge in [-0.1, -0.05) is 13.0 Å². The largest absolute Gasteiger partial charge is 0.298 e. The zero-order valence-corrected chi connectivity index (χ0v) is 11.4. The third kappa shape index (κ3) is 2.76. The number of hydrogen-bond acceptors (Lipinski definition) is 4. The normalized spacial score (nSPS) is 12.6. The van der Waals surface area contributed by atoms with Gasteiger partial charge in [0.2, 0.25) is 0 Å². The van der Waals surface area contributed by atoms with Crippen molar-refractivity contribution in [2.45, 2.75) is 18.7 Å². The quantitative estimate of drug-likeness (QED) is 0.864. The predicted octanol–water partition coefficient (Wildman–Crippen LogP) is 2.75. The molecule has 17 heavy (non-hydrogen) atoms. The molecule has 0 saturated carbocycles. The summed E-state index contributed by atoms with van der Waals surface area (Å²) in [5, 5.41) is 7.57. The maximum absolute atomic E-state index is 5.25. The lowest BCUT2D eigenvalue weighted by Gasteiger charge is -2.10. The molecule has 0 spiro atoms. The summed E-state index contributed by atoms with van der Waals surface area (Å²) in [4.78, 5) is 4.30. The van der Waals surface area contributed by atoms with E-state index in [1.165, 1.54) is 0 Å². The van der Waals surface area contributed by atoms with Crippen LogP contribution in [-0.2, 0) is 6.54 Å². The summed E-state index contributed by atoms with van der Waals surface area (Å²) in [6, 6.07) is 5.77. The van der Waals surface area contributed by atoms with Gasteiger partial charge in [-0.3, -0.25) is 14.6 Å². The Kier molecular flexibility index (Phi) is 3.96. The Morgan fingerprint density at radius 3 is 3.00 bits per heavy atom. The molecule has 6 heteroatoms. The second kappa shape index (κ2) is 5.46. The smallest absolute Gasteiger partial charge is 0.195 e. The van der Waals surface area contributed by atoms with Gasteiger partial charge in [0.25, 0.3) is 0 Å². The van der Waals surface area contributed by atoms with Crippen molar-refractivity contribution in [2.75, 3.05) is 6.26 Å². The van der Waals surface area contributed by atoms with Crippen molar-refractivity contribution in [3.05, 3.63) is 29.2 Å². The van der Waals surface area contributed by atoms with Gasteiger partial charge < -0.3 is 0 Å². The molecule has 4 nitrogen and oxygen atoms in total. The first-order valence-corrected chi connectivity index (χ1v) is 7.01. The van der Waals surface area contributed by atoms with Crippen molar-refractivity contribution >= 4 is 24.0 Å². The summed E-state index contributed by atoms with van der Waals surface area (Å²) >= 11 is 7.05. The highest BCUT2D eigenvalue weighted by Gasteiger charge is 2.11. The van der Waals surface area contributed by atoms with Crippen molar-refractivity contribution in [1.29, 1.82) is 0 Å². The van der Waals surface area contributed by atoms with E-state index in [0.717, 1.165) is 18.1 Å². The monoisotopic (exact) mass is 266 g/mol. The number of nitrogens with one attached hydrogen (secondary N) is 1. The summed E-state index contributed by atoms with van der Waals surface area (Å²) in [5.41, 5.74) is 0.841. The molecule has 1 atom stereocenters. The number of aromatic amines is 1. The second-order valence-electron chi connectivity index (χ2n) is 3.72. The maximum atomic E-state index is 5.25. The van der Waals surface area contributed by atoms with E-state index in [0.29, 0.717) is 10.0 Å². The van der Waals surface area contributed by atoms with E-state index in [9.17, 15) is 0 Å². The molecule has 0 aromatic carbocycles. The molecule has 1 N–H and O–H groups in total. The molecule has 0 saturated heterocycles. The Bertz CT molecular complexity index is 532. The molecule has 2 heterocycles. The van der Waals surface area contributed by atoms with Crippen LogP contribution in [0.4, 0.5) is 0 Å². The van der Waals surface area contributed by atoms with Crippen molar-refractivity contribution in [3.8, 4) is 11.5 Å². The van der Waals surface area contributed by atoms with Gasteiger partial charge in [-0.2, -0.15) is 16.9 Å². The molecule has 0 bridgehead atoms. The van der Waals surface area contributed by atoms with Gasteiger partial charge in [-0.25, -0.2) is 0 Å². The standard InChI is InChI=1S/C11H14N4S2/c1-8(17-2)7-15-10(13-14-11(15)16)9-5-3-4-6-12-9/h3-6,8H,7H2,1-2H3,(H,14,16). The van der Waals surface area contributed by atoms with Crippen LogP contribution < -0.4 is 0 Å². The fraction of sp³-hybridized carbons (Fsp3) is 0.364. The second-order valence-corrected chi connectivity index (χ2v) is 5.39. The van der Waals surface area contributed by atoms with Crippen LogP contribution >= 0.6 is 24.0 Å². The first-order chi connectivity index (χ1) is 8.22. The third-order valence-electron chi connectivity index (χ3n) is 2.49. The molecule has 0 aliphatic heterocycles. The van der Waals surface area contributed by atoms with E-state index in [4.69, 9.17) is 12.2 Å². The molecule has 2 aromatic heterocycles. The van der Waals surface area contributed by atoms with E-state index >= 15 is 0 Å². The van der Waals surface area contributed by atoms with Crippen molar-refractivity contribution in [3.63, 3.8) is 0 Å². The van der Waals surface area contributed by atoms with E-state index < -0.39 is 0 Å². The molecule has 0 amide bonds. The van der Waals surface area contributed by atoms with Crippen LogP contribution in [0.2, 0.25) is 0 Å². The van der Waals surface area contributed by atoms with Crippen molar-refractivity contribution in [2.24, 2.45) is 0 Å². The molecule has 1 unspecified atom stereocenters. The van der Waals surface area contributed by atoms with Gasteiger partial charge in [0.1, 0.15) is 5.69 Å². The van der Waals surface area contributed by atoms with Crippen LogP contribution in [0.1, 0.15) is 6.92 Å². The van der Waals surface area contributed by atoms with E-state index in [1.54, 1.807) is 18.0 Å². The first kappa shape index (κ1) is 12.3. The van der Waals surface area contributed by atoms with E-state index in [-0.39, 0.29) is 0 Å². The minimum absolute atomic E-state index is 0.488.